The van der Waals surface area contributed by atoms with E-state index in [1.165, 1.54) is 0 Å². The van der Waals surface area contributed by atoms with Crippen LogP contribution in [-0.2, 0) is 4.79 Å². The number of carbonyl (C=O) groups is 1. The van der Waals surface area contributed by atoms with Gasteiger partial charge in [-0.2, -0.15) is 0 Å². The van der Waals surface area contributed by atoms with Gasteiger partial charge in [0.25, 0.3) is 0 Å². The molecule has 218 valence electrons. The van der Waals surface area contributed by atoms with Crippen LogP contribution in [-0.4, -0.2) is 24.9 Å². The molecule has 0 amide bonds. The number of anilines is 3. The molecule has 0 saturated carbocycles. The molecule has 0 saturated heterocycles. The highest BCUT2D eigenvalue weighted by Crippen LogP contribution is 2.45. The van der Waals surface area contributed by atoms with Gasteiger partial charge in [0.1, 0.15) is 5.76 Å². The van der Waals surface area contributed by atoms with E-state index in [1.807, 2.05) is 109 Å². The minimum Gasteiger partial charge on any atom is -0.506 e. The van der Waals surface area contributed by atoms with E-state index in [-0.39, 0.29) is 36.7 Å². The van der Waals surface area contributed by atoms with Crippen molar-refractivity contribution in [2.45, 2.75) is 0 Å². The second kappa shape index (κ2) is 10.2. The van der Waals surface area contributed by atoms with Crippen LogP contribution in [0.2, 0.25) is 10.0 Å². The predicted octanol–water partition coefficient (Wildman–Crippen LogP) is 5.68. The lowest BCUT2D eigenvalue weighted by atomic mass is 9.65. The Bertz CT molecular complexity index is 2470. The Labute approximate surface area is 274 Å². The van der Waals surface area contributed by atoms with E-state index in [2.05, 4.69) is 15.7 Å². The summed E-state index contributed by atoms with van der Waals surface area (Å²) in [6, 6.07) is 35.0. The second-order valence-corrected chi connectivity index (χ2v) is 12.6. The maximum Gasteiger partial charge on any atom is 0.427 e. The van der Waals surface area contributed by atoms with Gasteiger partial charge in [0, 0.05) is 48.7 Å². The number of aliphatic hydroxyl groups excluding tert-OH is 1. The summed E-state index contributed by atoms with van der Waals surface area (Å²) in [6.07, 6.45) is 0. The third-order valence-corrected chi connectivity index (χ3v) is 9.56. The third kappa shape index (κ3) is 4.07. The fourth-order valence-electron chi connectivity index (χ4n) is 6.85. The number of rotatable bonds is 3. The minimum atomic E-state index is -0.386. The van der Waals surface area contributed by atoms with E-state index in [1.54, 1.807) is 0 Å². The average molecular weight is 635 g/mol. The highest BCUT2D eigenvalue weighted by atomic mass is 35.5. The zero-order valence-corrected chi connectivity index (χ0v) is 25.6. The van der Waals surface area contributed by atoms with Crippen molar-refractivity contribution in [2.75, 3.05) is 15.7 Å². The Morgan fingerprint density at radius 2 is 1.26 bits per heavy atom. The standard InChI is InChI=1S/C36H22B2Cl2N4O2/c39-23-13-9-21(10-14-23)37-41-27-5-1-3-19-7-17-25(33(43-37)29(19)27)31-35(45)32(36(31)46)26-18-8-20-4-2-6-28-30(20)34(26)44-38(42-28)22-11-15-24(40)16-12-22/h1-18,41-43,45H. The number of nitrogens with zero attached hydrogens (tertiary/aromatic N) is 1. The molecule has 0 spiro atoms. The van der Waals surface area contributed by atoms with E-state index in [0.29, 0.717) is 26.2 Å². The van der Waals surface area contributed by atoms with Crippen molar-refractivity contribution in [3.05, 3.63) is 141 Å². The van der Waals surface area contributed by atoms with Gasteiger partial charge in [0.2, 0.25) is 5.78 Å². The van der Waals surface area contributed by atoms with E-state index in [9.17, 15) is 9.90 Å². The number of hydrogen-bond acceptors (Lipinski definition) is 6. The number of aliphatic hydroxyl groups is 1. The summed E-state index contributed by atoms with van der Waals surface area (Å²) in [6.45, 7) is -0.653. The smallest absolute Gasteiger partial charge is 0.427 e. The molecule has 2 heterocycles. The summed E-state index contributed by atoms with van der Waals surface area (Å²) < 4.78 is 0. The molecule has 0 unspecified atom stereocenters. The Hall–Kier alpha value is -5.17. The predicted molar refractivity (Wildman–Crippen MR) is 191 cm³/mol. The van der Waals surface area contributed by atoms with Crippen LogP contribution in [0.1, 0.15) is 5.56 Å². The fourth-order valence-corrected chi connectivity index (χ4v) is 7.10. The lowest BCUT2D eigenvalue weighted by Gasteiger charge is -2.31. The van der Waals surface area contributed by atoms with E-state index in [4.69, 9.17) is 28.1 Å². The van der Waals surface area contributed by atoms with Gasteiger partial charge in [-0.1, -0.05) is 96.0 Å². The van der Waals surface area contributed by atoms with E-state index >= 15 is 0 Å². The second-order valence-electron chi connectivity index (χ2n) is 11.7. The molecule has 0 fully saturated rings. The monoisotopic (exact) mass is 634 g/mol. The third-order valence-electron chi connectivity index (χ3n) is 9.06. The summed E-state index contributed by atoms with van der Waals surface area (Å²) in [7, 11) is 0. The zero-order valence-electron chi connectivity index (χ0n) is 24.1. The van der Waals surface area contributed by atoms with Crippen molar-refractivity contribution in [2.24, 2.45) is 4.90 Å². The Morgan fingerprint density at radius 1 is 0.630 bits per heavy atom. The van der Waals surface area contributed by atoms with Crippen LogP contribution in [0.25, 0.3) is 32.7 Å². The molecule has 6 aromatic carbocycles. The molecule has 0 aromatic heterocycles. The van der Waals surface area contributed by atoms with Crippen LogP contribution in [0.4, 0.5) is 17.1 Å². The summed E-state index contributed by atoms with van der Waals surface area (Å²) in [4.78, 5) is 19.3. The lowest BCUT2D eigenvalue weighted by molar-refractivity contribution is -0.109. The van der Waals surface area contributed by atoms with Crippen LogP contribution in [0.3, 0.4) is 0 Å². The van der Waals surface area contributed by atoms with Crippen LogP contribution < -0.4 is 37.2 Å². The maximum atomic E-state index is 14.2. The number of hydrogen-bond donors (Lipinski definition) is 4. The van der Waals surface area contributed by atoms with Gasteiger partial charge in [0.15, 0.2) is 0 Å². The van der Waals surface area contributed by atoms with Gasteiger partial charge in [-0.15, -0.1) is 0 Å². The molecule has 0 bridgehead atoms. The van der Waals surface area contributed by atoms with Crippen molar-refractivity contribution < 1.29 is 9.90 Å². The van der Waals surface area contributed by atoms with Crippen molar-refractivity contribution >= 4 is 104 Å². The minimum absolute atomic E-state index is 0.0358. The van der Waals surface area contributed by atoms with Crippen molar-refractivity contribution in [1.82, 2.24) is 0 Å². The van der Waals surface area contributed by atoms with Gasteiger partial charge in [-0.05, 0) is 58.1 Å². The van der Waals surface area contributed by atoms with Crippen LogP contribution in [0, 0.1) is 0 Å². The van der Waals surface area contributed by atoms with Gasteiger partial charge in [0.05, 0.1) is 16.5 Å². The first-order chi connectivity index (χ1) is 22.4. The molecule has 9 rings (SSSR count). The number of halogens is 2. The number of Topliss-reactive ketones (excluding diaryl/α,β-unsaturated/α-hetero) is 1. The number of ketones is 1. The summed E-state index contributed by atoms with van der Waals surface area (Å²) in [5.41, 5.74) is 5.78. The quantitative estimate of drug-likeness (QED) is 0.188. The highest BCUT2D eigenvalue weighted by molar-refractivity contribution is 6.80. The maximum absolute atomic E-state index is 14.2. The van der Waals surface area contributed by atoms with Gasteiger partial charge >= 0.3 is 14.0 Å². The zero-order chi connectivity index (χ0) is 31.1. The molecular weight excluding hydrogens is 613 g/mol. The van der Waals surface area contributed by atoms with Gasteiger partial charge < -0.3 is 25.7 Å². The first-order valence-corrected chi connectivity index (χ1v) is 15.7. The molecule has 10 heteroatoms. The molecule has 0 atom stereocenters. The number of benzene rings is 6. The van der Waals surface area contributed by atoms with E-state index in [0.717, 1.165) is 49.5 Å². The summed E-state index contributed by atoms with van der Waals surface area (Å²) in [5.74, 6) is -0.259. The largest absolute Gasteiger partial charge is 0.506 e. The fraction of sp³-hybridized carbons (Fsp3) is 0. The molecule has 6 nitrogen and oxygen atoms in total. The first kappa shape index (κ1) is 27.2. The lowest BCUT2D eigenvalue weighted by Crippen LogP contribution is -2.48. The molecule has 1 aliphatic carbocycles. The van der Waals surface area contributed by atoms with E-state index < -0.39 is 0 Å². The van der Waals surface area contributed by atoms with Crippen molar-refractivity contribution in [1.29, 1.82) is 0 Å². The SMILES string of the molecule is O=C1C(c2ccc3cccc4c3c2NB(c2ccc(Cl)cc2)N4)=C(O)C1=c1ccc2cccc3c2c1=NB(c1ccc(Cl)cc1)N3. The normalized spacial score (nSPS) is 16.1. The topological polar surface area (TPSA) is 85.8 Å². The Balaban J connectivity index is 1.24. The van der Waals surface area contributed by atoms with Crippen LogP contribution in [0.5, 0.6) is 0 Å². The molecule has 0 radical (unpaired) electrons. The van der Waals surface area contributed by atoms with Crippen molar-refractivity contribution in [3.8, 4) is 0 Å². The van der Waals surface area contributed by atoms with Crippen molar-refractivity contribution in [3.63, 3.8) is 0 Å². The Kier molecular flexibility index (Phi) is 6.01. The molecule has 2 aliphatic heterocycles. The molecule has 4 N–H and O–H groups in total. The molecule has 46 heavy (non-hydrogen) atoms. The highest BCUT2D eigenvalue weighted by Gasteiger charge is 2.39. The number of carbonyl (C=O) groups excluding carboxylic acids is 1. The van der Waals surface area contributed by atoms with Crippen LogP contribution in [0.15, 0.2) is 120 Å². The van der Waals surface area contributed by atoms with Crippen LogP contribution >= 0.6 is 23.2 Å². The number of nitrogens with one attached hydrogen (secondary N) is 3. The average Bonchev–Trinajstić information content (AvgIpc) is 3.08. The molecule has 3 aliphatic rings. The Morgan fingerprint density at radius 3 is 1.96 bits per heavy atom. The summed E-state index contributed by atoms with van der Waals surface area (Å²) >= 11 is 12.3. The molecular formula is C36H22B2Cl2N4O2. The molecule has 6 aromatic rings. The van der Waals surface area contributed by atoms with Gasteiger partial charge in [-0.25, -0.2) is 0 Å². The van der Waals surface area contributed by atoms with Gasteiger partial charge in [-0.3, -0.25) is 4.79 Å². The summed E-state index contributed by atoms with van der Waals surface area (Å²) in [5, 5.41) is 28.9. The number of allylic oxidation sites excluding steroid dienone is 2. The first-order valence-electron chi connectivity index (χ1n) is 14.9.